The van der Waals surface area contributed by atoms with Gasteiger partial charge in [-0.3, -0.25) is 19.8 Å². The van der Waals surface area contributed by atoms with E-state index in [0.29, 0.717) is 25.2 Å². The summed E-state index contributed by atoms with van der Waals surface area (Å²) in [5, 5.41) is 10.9. The first-order valence-electron chi connectivity index (χ1n) is 9.65. The first kappa shape index (κ1) is 21.9. The van der Waals surface area contributed by atoms with Gasteiger partial charge < -0.3 is 4.90 Å². The van der Waals surface area contributed by atoms with Crippen LogP contribution >= 0.6 is 11.6 Å². The number of nitrogens with zero attached hydrogens (tertiary/aromatic N) is 3. The number of halogens is 2. The molecule has 0 N–H and O–H groups in total. The molecule has 2 aromatic rings. The van der Waals surface area contributed by atoms with Crippen LogP contribution in [0.3, 0.4) is 0 Å². The molecule has 30 heavy (non-hydrogen) atoms. The predicted molar refractivity (Wildman–Crippen MR) is 115 cm³/mol. The Hall–Kier alpha value is -2.77. The highest BCUT2D eigenvalue weighted by Gasteiger charge is 2.31. The van der Waals surface area contributed by atoms with Gasteiger partial charge >= 0.3 is 0 Å². The number of hydrogen-bond donors (Lipinski definition) is 0. The number of nitro groups is 1. The maximum Gasteiger partial charge on any atom is 0.287 e. The molecule has 2 aromatic carbocycles. The third-order valence-electron chi connectivity index (χ3n) is 5.28. The van der Waals surface area contributed by atoms with Crippen LogP contribution in [-0.4, -0.2) is 45.8 Å². The Morgan fingerprint density at radius 2 is 1.90 bits per heavy atom. The Labute approximate surface area is 179 Å². The lowest BCUT2D eigenvalue weighted by atomic mass is 10.1. The van der Waals surface area contributed by atoms with E-state index in [1.807, 2.05) is 11.8 Å². The van der Waals surface area contributed by atoms with Gasteiger partial charge in [-0.15, -0.1) is 0 Å². The second-order valence-electron chi connectivity index (χ2n) is 7.55. The van der Waals surface area contributed by atoms with Gasteiger partial charge in [-0.05, 0) is 55.3 Å². The molecule has 0 aromatic heterocycles. The minimum absolute atomic E-state index is 0.0132. The number of hydrogen-bond acceptors (Lipinski definition) is 4. The summed E-state index contributed by atoms with van der Waals surface area (Å²) < 4.78 is 13.1. The first-order chi connectivity index (χ1) is 14.2. The van der Waals surface area contributed by atoms with Crippen LogP contribution in [0.2, 0.25) is 5.02 Å². The predicted octanol–water partition coefficient (Wildman–Crippen LogP) is 4.52. The number of nitro benzene ring substituents is 1. The summed E-state index contributed by atoms with van der Waals surface area (Å²) in [4.78, 5) is 27.1. The second-order valence-corrected chi connectivity index (χ2v) is 7.95. The zero-order valence-corrected chi connectivity index (χ0v) is 17.6. The van der Waals surface area contributed by atoms with E-state index >= 15 is 0 Å². The van der Waals surface area contributed by atoms with Crippen LogP contribution in [0.15, 0.2) is 48.5 Å². The topological polar surface area (TPSA) is 66.7 Å². The lowest BCUT2D eigenvalue weighted by molar-refractivity contribution is -0.384. The number of amides is 1. The Bertz CT molecular complexity index is 965. The van der Waals surface area contributed by atoms with Crippen molar-refractivity contribution in [1.82, 2.24) is 9.80 Å². The number of piperazine rings is 1. The Kier molecular flexibility index (Phi) is 6.84. The van der Waals surface area contributed by atoms with Gasteiger partial charge in [-0.2, -0.15) is 0 Å². The molecule has 1 fully saturated rings. The van der Waals surface area contributed by atoms with E-state index in [2.05, 4.69) is 11.8 Å². The number of carbonyl (C=O) groups excluding carboxylic acids is 1. The van der Waals surface area contributed by atoms with E-state index in [-0.39, 0.29) is 34.5 Å². The summed E-state index contributed by atoms with van der Waals surface area (Å²) in [6.45, 7) is 6.05. The molecule has 6 nitrogen and oxygen atoms in total. The summed E-state index contributed by atoms with van der Waals surface area (Å²) in [6, 6.07) is 11.0. The number of carbonyl (C=O) groups is 1. The molecule has 1 saturated heterocycles. The van der Waals surface area contributed by atoms with Crippen LogP contribution in [0.25, 0.3) is 6.08 Å². The van der Waals surface area contributed by atoms with Crippen LogP contribution in [0.5, 0.6) is 0 Å². The van der Waals surface area contributed by atoms with Crippen LogP contribution < -0.4 is 0 Å². The maximum absolute atomic E-state index is 13.1. The van der Waals surface area contributed by atoms with Crippen molar-refractivity contribution in [3.05, 3.63) is 80.6 Å². The summed E-state index contributed by atoms with van der Waals surface area (Å²) in [5.74, 6) is -0.373. The zero-order valence-electron chi connectivity index (χ0n) is 16.8. The fourth-order valence-electron chi connectivity index (χ4n) is 3.59. The van der Waals surface area contributed by atoms with Crippen LogP contribution in [0, 0.1) is 15.9 Å². The van der Waals surface area contributed by atoms with Crippen molar-refractivity contribution < 1.29 is 14.1 Å². The standard InChI is InChI=1S/C22H23ClFN3O3/c1-15-13-26(16(2)12-25(15)14-18-3-7-19(24)8-4-18)22(28)10-6-17-5-9-21(27(29)30)20(23)11-17/h3-11,15-16H,12-14H2,1-2H3/b10-6+. The lowest BCUT2D eigenvalue weighted by Crippen LogP contribution is -2.57. The molecule has 3 rings (SSSR count). The van der Waals surface area contributed by atoms with Gasteiger partial charge in [0.05, 0.1) is 4.92 Å². The van der Waals surface area contributed by atoms with E-state index in [4.69, 9.17) is 11.6 Å². The van der Waals surface area contributed by atoms with Crippen molar-refractivity contribution >= 4 is 29.3 Å². The van der Waals surface area contributed by atoms with Crippen molar-refractivity contribution in [2.24, 2.45) is 0 Å². The molecule has 158 valence electrons. The molecule has 1 amide bonds. The largest absolute Gasteiger partial charge is 0.334 e. The summed E-state index contributed by atoms with van der Waals surface area (Å²) in [5.41, 5.74) is 1.49. The van der Waals surface area contributed by atoms with E-state index < -0.39 is 4.92 Å². The summed E-state index contributed by atoms with van der Waals surface area (Å²) in [6.07, 6.45) is 3.08. The molecule has 0 bridgehead atoms. The van der Waals surface area contributed by atoms with Gasteiger partial charge in [0.2, 0.25) is 5.91 Å². The van der Waals surface area contributed by atoms with Gasteiger partial charge in [-0.25, -0.2) is 4.39 Å². The molecule has 1 heterocycles. The highest BCUT2D eigenvalue weighted by molar-refractivity contribution is 6.32. The smallest absolute Gasteiger partial charge is 0.287 e. The second kappa shape index (κ2) is 9.36. The normalized spacial score (nSPS) is 19.9. The van der Waals surface area contributed by atoms with Gasteiger partial charge in [0.25, 0.3) is 5.69 Å². The molecular formula is C22H23ClFN3O3. The molecule has 1 aliphatic heterocycles. The van der Waals surface area contributed by atoms with Gasteiger partial charge in [-0.1, -0.05) is 23.7 Å². The SMILES string of the molecule is CC1CN(C(=O)/C=C/c2ccc([N+](=O)[O-])c(Cl)c2)C(C)CN1Cc1ccc(F)cc1. The van der Waals surface area contributed by atoms with Crippen LogP contribution in [0.4, 0.5) is 10.1 Å². The van der Waals surface area contributed by atoms with E-state index in [9.17, 15) is 19.3 Å². The minimum atomic E-state index is -0.546. The molecule has 8 heteroatoms. The van der Waals surface area contributed by atoms with E-state index in [1.165, 1.54) is 30.3 Å². The van der Waals surface area contributed by atoms with Gasteiger partial charge in [0.15, 0.2) is 0 Å². The minimum Gasteiger partial charge on any atom is -0.334 e. The summed E-state index contributed by atoms with van der Waals surface area (Å²) in [7, 11) is 0. The van der Waals surface area contributed by atoms with Gasteiger partial charge in [0, 0.05) is 43.9 Å². The van der Waals surface area contributed by atoms with Crippen molar-refractivity contribution in [2.75, 3.05) is 13.1 Å². The lowest BCUT2D eigenvalue weighted by Gasteiger charge is -2.44. The highest BCUT2D eigenvalue weighted by atomic mass is 35.5. The van der Waals surface area contributed by atoms with E-state index in [1.54, 1.807) is 24.3 Å². The monoisotopic (exact) mass is 431 g/mol. The molecular weight excluding hydrogens is 409 g/mol. The van der Waals surface area contributed by atoms with Crippen molar-refractivity contribution in [3.63, 3.8) is 0 Å². The molecule has 2 unspecified atom stereocenters. The third-order valence-corrected chi connectivity index (χ3v) is 5.59. The van der Waals surface area contributed by atoms with Crippen molar-refractivity contribution in [2.45, 2.75) is 32.5 Å². The molecule has 0 aliphatic carbocycles. The first-order valence-corrected chi connectivity index (χ1v) is 10.0. The number of benzene rings is 2. The fraction of sp³-hybridized carbons (Fsp3) is 0.318. The maximum atomic E-state index is 13.1. The average Bonchev–Trinajstić information content (AvgIpc) is 2.70. The van der Waals surface area contributed by atoms with Gasteiger partial charge in [0.1, 0.15) is 10.8 Å². The van der Waals surface area contributed by atoms with Crippen molar-refractivity contribution in [1.29, 1.82) is 0 Å². The highest BCUT2D eigenvalue weighted by Crippen LogP contribution is 2.25. The quantitative estimate of drug-likeness (QED) is 0.396. The number of rotatable bonds is 5. The molecule has 0 radical (unpaired) electrons. The Morgan fingerprint density at radius 3 is 2.53 bits per heavy atom. The van der Waals surface area contributed by atoms with Crippen LogP contribution in [0.1, 0.15) is 25.0 Å². The Balaban J connectivity index is 1.63. The molecule has 1 aliphatic rings. The average molecular weight is 432 g/mol. The fourth-order valence-corrected chi connectivity index (χ4v) is 3.85. The van der Waals surface area contributed by atoms with Crippen molar-refractivity contribution in [3.8, 4) is 0 Å². The summed E-state index contributed by atoms with van der Waals surface area (Å²) >= 11 is 5.92. The van der Waals surface area contributed by atoms with Crippen LogP contribution in [-0.2, 0) is 11.3 Å². The molecule has 2 atom stereocenters. The Morgan fingerprint density at radius 1 is 1.20 bits per heavy atom. The molecule has 0 spiro atoms. The zero-order chi connectivity index (χ0) is 21.8. The van der Waals surface area contributed by atoms with E-state index in [0.717, 1.165) is 5.56 Å². The molecule has 0 saturated carbocycles. The third kappa shape index (κ3) is 5.23.